The minimum Gasteiger partial charge on any atom is -0.436 e. The fourth-order valence-electron chi connectivity index (χ4n) is 1.33. The van der Waals surface area contributed by atoms with Crippen LogP contribution in [0, 0.1) is 5.82 Å². The van der Waals surface area contributed by atoms with Gasteiger partial charge in [-0.3, -0.25) is 0 Å². The molecule has 0 spiro atoms. The Labute approximate surface area is 111 Å². The first-order valence-corrected chi connectivity index (χ1v) is 5.74. The van der Waals surface area contributed by atoms with Gasteiger partial charge in [-0.15, -0.1) is 0 Å². The molecule has 0 bridgehead atoms. The molecule has 4 nitrogen and oxygen atoms in total. The molecule has 0 amide bonds. The monoisotopic (exact) mass is 259 g/mol. The summed E-state index contributed by atoms with van der Waals surface area (Å²) in [4.78, 5) is 10.1. The van der Waals surface area contributed by atoms with Crippen LogP contribution in [0.25, 0.3) is 0 Å². The molecule has 0 radical (unpaired) electrons. The van der Waals surface area contributed by atoms with Crippen LogP contribution in [0.2, 0.25) is 0 Å². The van der Waals surface area contributed by atoms with Crippen LogP contribution < -0.4 is 4.74 Å². The fraction of sp³-hybridized carbons (Fsp3) is 0.143. The maximum atomic E-state index is 13.4. The molecule has 0 saturated carbocycles. The molecule has 1 aromatic heterocycles. The molecule has 5 heteroatoms. The SMILES string of the molecule is CN(C)C=Nc1ccc(Oc2ccccc2F)nc1. The fourth-order valence-corrected chi connectivity index (χ4v) is 1.33. The van der Waals surface area contributed by atoms with Crippen LogP contribution in [0.15, 0.2) is 47.6 Å². The number of benzene rings is 1. The molecule has 0 fully saturated rings. The summed E-state index contributed by atoms with van der Waals surface area (Å²) >= 11 is 0. The molecule has 0 aliphatic heterocycles. The van der Waals surface area contributed by atoms with Gasteiger partial charge in [-0.25, -0.2) is 14.4 Å². The van der Waals surface area contributed by atoms with Gasteiger partial charge in [0, 0.05) is 20.2 Å². The number of hydrogen-bond acceptors (Lipinski definition) is 3. The summed E-state index contributed by atoms with van der Waals surface area (Å²) in [7, 11) is 3.76. The average molecular weight is 259 g/mol. The quantitative estimate of drug-likeness (QED) is 0.625. The molecule has 0 N–H and O–H groups in total. The summed E-state index contributed by atoms with van der Waals surface area (Å²) in [5.74, 6) is 0.0625. The van der Waals surface area contributed by atoms with E-state index in [0.29, 0.717) is 11.6 Å². The third-order valence-corrected chi connectivity index (χ3v) is 2.21. The van der Waals surface area contributed by atoms with Gasteiger partial charge in [-0.1, -0.05) is 12.1 Å². The highest BCUT2D eigenvalue weighted by atomic mass is 19.1. The molecular weight excluding hydrogens is 245 g/mol. The maximum Gasteiger partial charge on any atom is 0.219 e. The Morgan fingerprint density at radius 1 is 1.21 bits per heavy atom. The zero-order valence-corrected chi connectivity index (χ0v) is 10.7. The lowest BCUT2D eigenvalue weighted by Crippen LogP contribution is -2.06. The van der Waals surface area contributed by atoms with Gasteiger partial charge >= 0.3 is 0 Å². The van der Waals surface area contributed by atoms with Crippen molar-refractivity contribution in [3.63, 3.8) is 0 Å². The molecule has 0 saturated heterocycles. The summed E-state index contributed by atoms with van der Waals surface area (Å²) < 4.78 is 18.7. The van der Waals surface area contributed by atoms with Crippen molar-refractivity contribution in [3.8, 4) is 11.6 Å². The lowest BCUT2D eigenvalue weighted by molar-refractivity contribution is 0.427. The van der Waals surface area contributed by atoms with Gasteiger partial charge in [-0.05, 0) is 18.2 Å². The van der Waals surface area contributed by atoms with Gasteiger partial charge in [0.15, 0.2) is 11.6 Å². The van der Waals surface area contributed by atoms with Crippen LogP contribution in [-0.2, 0) is 0 Å². The Hall–Kier alpha value is -2.43. The Balaban J connectivity index is 2.09. The summed E-state index contributed by atoms with van der Waals surface area (Å²) in [6.45, 7) is 0. The molecule has 98 valence electrons. The first kappa shape index (κ1) is 13.0. The number of aromatic nitrogens is 1. The highest BCUT2D eigenvalue weighted by Crippen LogP contribution is 2.23. The first-order chi connectivity index (χ1) is 9.15. The van der Waals surface area contributed by atoms with E-state index in [1.54, 1.807) is 42.9 Å². The van der Waals surface area contributed by atoms with Crippen LogP contribution >= 0.6 is 0 Å². The minimum atomic E-state index is -0.418. The van der Waals surface area contributed by atoms with Crippen LogP contribution in [0.5, 0.6) is 11.6 Å². The summed E-state index contributed by atoms with van der Waals surface area (Å²) in [6.07, 6.45) is 3.24. The zero-order chi connectivity index (χ0) is 13.7. The lowest BCUT2D eigenvalue weighted by Gasteiger charge is -2.05. The van der Waals surface area contributed by atoms with E-state index >= 15 is 0 Å². The molecule has 0 aliphatic rings. The Kier molecular flexibility index (Phi) is 4.07. The molecule has 1 heterocycles. The van der Waals surface area contributed by atoms with Gasteiger partial charge in [0.25, 0.3) is 0 Å². The van der Waals surface area contributed by atoms with Gasteiger partial charge in [-0.2, -0.15) is 0 Å². The zero-order valence-electron chi connectivity index (χ0n) is 10.7. The minimum absolute atomic E-state index is 0.152. The third-order valence-electron chi connectivity index (χ3n) is 2.21. The summed E-state index contributed by atoms with van der Waals surface area (Å²) in [5, 5.41) is 0. The van der Waals surface area contributed by atoms with E-state index in [2.05, 4.69) is 9.98 Å². The summed E-state index contributed by atoms with van der Waals surface area (Å²) in [5.41, 5.74) is 0.703. The Morgan fingerprint density at radius 3 is 2.63 bits per heavy atom. The van der Waals surface area contributed by atoms with E-state index < -0.39 is 5.82 Å². The van der Waals surface area contributed by atoms with Crippen LogP contribution in [-0.4, -0.2) is 30.3 Å². The molecule has 2 aromatic rings. The molecule has 0 unspecified atom stereocenters. The molecule has 2 rings (SSSR count). The average Bonchev–Trinajstić information content (AvgIpc) is 2.40. The number of rotatable bonds is 4. The maximum absolute atomic E-state index is 13.4. The first-order valence-electron chi connectivity index (χ1n) is 5.74. The Morgan fingerprint density at radius 2 is 2.00 bits per heavy atom. The second-order valence-electron chi connectivity index (χ2n) is 4.10. The number of nitrogens with zero attached hydrogens (tertiary/aromatic N) is 3. The number of para-hydroxylation sites is 1. The highest BCUT2D eigenvalue weighted by molar-refractivity contribution is 5.60. The summed E-state index contributed by atoms with van der Waals surface area (Å²) in [6, 6.07) is 9.60. The van der Waals surface area contributed by atoms with Gasteiger partial charge < -0.3 is 9.64 Å². The second-order valence-corrected chi connectivity index (χ2v) is 4.10. The van der Waals surface area contributed by atoms with Gasteiger partial charge in [0.1, 0.15) is 0 Å². The van der Waals surface area contributed by atoms with Crippen molar-refractivity contribution >= 4 is 12.0 Å². The molecule has 19 heavy (non-hydrogen) atoms. The number of aliphatic imine (C=N–C) groups is 1. The van der Waals surface area contributed by atoms with Crippen molar-refractivity contribution in [2.45, 2.75) is 0 Å². The van der Waals surface area contributed by atoms with Crippen molar-refractivity contribution in [1.29, 1.82) is 0 Å². The van der Waals surface area contributed by atoms with E-state index in [9.17, 15) is 4.39 Å². The van der Waals surface area contributed by atoms with Crippen molar-refractivity contribution in [2.24, 2.45) is 4.99 Å². The van der Waals surface area contributed by atoms with Crippen molar-refractivity contribution in [2.75, 3.05) is 14.1 Å². The lowest BCUT2D eigenvalue weighted by atomic mass is 10.3. The van der Waals surface area contributed by atoms with Crippen LogP contribution in [0.3, 0.4) is 0 Å². The van der Waals surface area contributed by atoms with Crippen LogP contribution in [0.4, 0.5) is 10.1 Å². The van der Waals surface area contributed by atoms with E-state index in [1.807, 2.05) is 19.0 Å². The number of ether oxygens (including phenoxy) is 1. The van der Waals surface area contributed by atoms with Gasteiger partial charge in [0.2, 0.25) is 5.88 Å². The molecular formula is C14H14FN3O. The second kappa shape index (κ2) is 5.95. The Bertz CT molecular complexity index is 567. The van der Waals surface area contributed by atoms with Crippen molar-refractivity contribution < 1.29 is 9.13 Å². The predicted octanol–water partition coefficient (Wildman–Crippen LogP) is 3.23. The van der Waals surface area contributed by atoms with Crippen molar-refractivity contribution in [1.82, 2.24) is 9.88 Å². The highest BCUT2D eigenvalue weighted by Gasteiger charge is 2.03. The third kappa shape index (κ3) is 3.77. The standard InChI is InChI=1S/C14H14FN3O/c1-18(2)10-17-11-7-8-14(16-9-11)19-13-6-4-3-5-12(13)15/h3-10H,1-2H3. The van der Waals surface area contributed by atoms with Crippen LogP contribution in [0.1, 0.15) is 0 Å². The van der Waals surface area contributed by atoms with E-state index in [1.165, 1.54) is 6.07 Å². The topological polar surface area (TPSA) is 37.7 Å². The molecule has 1 aromatic carbocycles. The number of hydrogen-bond donors (Lipinski definition) is 0. The smallest absolute Gasteiger partial charge is 0.219 e. The largest absolute Gasteiger partial charge is 0.436 e. The van der Waals surface area contributed by atoms with E-state index in [4.69, 9.17) is 4.74 Å². The van der Waals surface area contributed by atoms with E-state index in [-0.39, 0.29) is 5.75 Å². The number of pyridine rings is 1. The predicted molar refractivity (Wildman–Crippen MR) is 72.6 cm³/mol. The van der Waals surface area contributed by atoms with E-state index in [0.717, 1.165) is 0 Å². The normalized spacial score (nSPS) is 10.7. The molecule has 0 aliphatic carbocycles. The van der Waals surface area contributed by atoms with Gasteiger partial charge in [0.05, 0.1) is 18.2 Å². The van der Waals surface area contributed by atoms with Crippen molar-refractivity contribution in [3.05, 3.63) is 48.4 Å². The number of halogens is 1. The molecule has 0 atom stereocenters.